The number of para-hydroxylation sites is 1. The van der Waals surface area contributed by atoms with E-state index in [1.807, 2.05) is 30.3 Å². The number of rotatable bonds is 5. The molecule has 0 radical (unpaired) electrons. The van der Waals surface area contributed by atoms with Gasteiger partial charge in [0.05, 0.1) is 6.61 Å². The fraction of sp³-hybridized carbons (Fsp3) is 0.143. The minimum absolute atomic E-state index is 0.00438. The zero-order valence-corrected chi connectivity index (χ0v) is 11.7. The maximum Gasteiger partial charge on any atom is 0.264 e. The molecule has 2 rings (SSSR count). The van der Waals surface area contributed by atoms with Gasteiger partial charge in [0.15, 0.2) is 0 Å². The highest BCUT2D eigenvalue weighted by atomic mass is 35.7. The van der Waals surface area contributed by atoms with Crippen molar-refractivity contribution in [1.82, 2.24) is 0 Å². The third kappa shape index (κ3) is 3.98. The second-order valence-corrected chi connectivity index (χ2v) is 6.50. The topological polar surface area (TPSA) is 43.4 Å². The number of hydrogen-bond donors (Lipinski definition) is 0. The van der Waals surface area contributed by atoms with Crippen molar-refractivity contribution in [3.63, 3.8) is 0 Å². The molecule has 100 valence electrons. The lowest BCUT2D eigenvalue weighted by Gasteiger charge is -2.09. The molecule has 0 heterocycles. The summed E-state index contributed by atoms with van der Waals surface area (Å²) in [5, 5.41) is 0. The lowest BCUT2D eigenvalue weighted by molar-refractivity contribution is 0.314. The first-order valence-corrected chi connectivity index (χ1v) is 8.09. The van der Waals surface area contributed by atoms with Gasteiger partial charge in [0.2, 0.25) is 0 Å². The van der Waals surface area contributed by atoms with Crippen LogP contribution in [0.1, 0.15) is 5.56 Å². The van der Waals surface area contributed by atoms with E-state index in [1.165, 1.54) is 6.07 Å². The lowest BCUT2D eigenvalue weighted by Crippen LogP contribution is -2.04. The molecule has 0 atom stereocenters. The predicted octanol–water partition coefficient (Wildman–Crippen LogP) is 3.24. The summed E-state index contributed by atoms with van der Waals surface area (Å²) in [6.45, 7) is 0.396. The van der Waals surface area contributed by atoms with E-state index in [-0.39, 0.29) is 10.6 Å². The Bertz CT molecular complexity index is 639. The molecular formula is C14H13ClO3S. The van der Waals surface area contributed by atoms with E-state index in [9.17, 15) is 8.42 Å². The van der Waals surface area contributed by atoms with Gasteiger partial charge in [-0.15, -0.1) is 0 Å². The molecule has 0 N–H and O–H groups in total. The summed E-state index contributed by atoms with van der Waals surface area (Å²) in [7, 11) is 1.57. The molecule has 0 aromatic heterocycles. The fourth-order valence-corrected chi connectivity index (χ4v) is 2.69. The first-order chi connectivity index (χ1) is 9.07. The Balaban J connectivity index is 2.05. The van der Waals surface area contributed by atoms with Crippen LogP contribution in [-0.2, 0) is 15.5 Å². The molecule has 0 aliphatic heterocycles. The molecule has 0 saturated heterocycles. The van der Waals surface area contributed by atoms with Gasteiger partial charge in [-0.25, -0.2) is 8.42 Å². The summed E-state index contributed by atoms with van der Waals surface area (Å²) < 4.78 is 28.2. The average molecular weight is 297 g/mol. The Morgan fingerprint density at radius 2 is 1.58 bits per heavy atom. The quantitative estimate of drug-likeness (QED) is 0.796. The zero-order chi connectivity index (χ0) is 13.7. The predicted molar refractivity (Wildman–Crippen MR) is 75.1 cm³/mol. The molecule has 19 heavy (non-hydrogen) atoms. The summed E-state index contributed by atoms with van der Waals surface area (Å²) in [6, 6.07) is 16.2. The summed E-state index contributed by atoms with van der Waals surface area (Å²) >= 11 is 0. The SMILES string of the molecule is O=S(=O)(Cl)c1ccccc1OCCc1ccccc1. The molecule has 0 saturated carbocycles. The summed E-state index contributed by atoms with van der Waals surface area (Å²) in [6.07, 6.45) is 0.706. The van der Waals surface area contributed by atoms with Crippen molar-refractivity contribution in [2.75, 3.05) is 6.61 Å². The van der Waals surface area contributed by atoms with Gasteiger partial charge in [0, 0.05) is 17.1 Å². The lowest BCUT2D eigenvalue weighted by atomic mass is 10.2. The summed E-state index contributed by atoms with van der Waals surface area (Å²) in [4.78, 5) is 0.00438. The van der Waals surface area contributed by atoms with E-state index in [0.717, 1.165) is 5.56 Å². The molecule has 0 bridgehead atoms. The fourth-order valence-electron chi connectivity index (χ4n) is 1.69. The van der Waals surface area contributed by atoms with Crippen molar-refractivity contribution < 1.29 is 13.2 Å². The van der Waals surface area contributed by atoms with Crippen molar-refractivity contribution in [2.45, 2.75) is 11.3 Å². The minimum atomic E-state index is -3.78. The number of benzene rings is 2. The molecule has 0 aliphatic carbocycles. The average Bonchev–Trinajstić information content (AvgIpc) is 2.39. The van der Waals surface area contributed by atoms with Crippen LogP contribution in [0.15, 0.2) is 59.5 Å². The van der Waals surface area contributed by atoms with Gasteiger partial charge in [0.25, 0.3) is 9.05 Å². The highest BCUT2D eigenvalue weighted by Crippen LogP contribution is 2.26. The van der Waals surface area contributed by atoms with Crippen molar-refractivity contribution in [3.8, 4) is 5.75 Å². The minimum Gasteiger partial charge on any atom is -0.492 e. The van der Waals surface area contributed by atoms with Crippen LogP contribution in [-0.4, -0.2) is 15.0 Å². The third-order valence-corrected chi connectivity index (χ3v) is 3.96. The first-order valence-electron chi connectivity index (χ1n) is 5.78. The van der Waals surface area contributed by atoms with Crippen LogP contribution < -0.4 is 4.74 Å². The van der Waals surface area contributed by atoms with Crippen LogP contribution in [0.4, 0.5) is 0 Å². The van der Waals surface area contributed by atoms with Gasteiger partial charge in [0.1, 0.15) is 10.6 Å². The van der Waals surface area contributed by atoms with Gasteiger partial charge >= 0.3 is 0 Å². The molecule has 3 nitrogen and oxygen atoms in total. The van der Waals surface area contributed by atoms with Crippen LogP contribution >= 0.6 is 10.7 Å². The maximum atomic E-state index is 11.4. The Labute approximate surface area is 117 Å². The molecule has 0 unspecified atom stereocenters. The van der Waals surface area contributed by atoms with E-state index < -0.39 is 9.05 Å². The molecule has 2 aromatic rings. The second-order valence-electron chi connectivity index (χ2n) is 3.97. The molecule has 0 amide bonds. The maximum absolute atomic E-state index is 11.4. The van der Waals surface area contributed by atoms with E-state index in [1.54, 1.807) is 18.2 Å². The molecule has 0 aliphatic rings. The van der Waals surface area contributed by atoms with Gasteiger partial charge in [-0.1, -0.05) is 42.5 Å². The highest BCUT2D eigenvalue weighted by Gasteiger charge is 2.15. The zero-order valence-electron chi connectivity index (χ0n) is 10.1. The van der Waals surface area contributed by atoms with Gasteiger partial charge in [-0.3, -0.25) is 0 Å². The Hall–Kier alpha value is -1.52. The highest BCUT2D eigenvalue weighted by molar-refractivity contribution is 8.13. The molecule has 0 fully saturated rings. The first kappa shape index (κ1) is 13.9. The number of halogens is 1. The largest absolute Gasteiger partial charge is 0.492 e. The van der Waals surface area contributed by atoms with Crippen molar-refractivity contribution in [2.24, 2.45) is 0 Å². The van der Waals surface area contributed by atoms with Gasteiger partial charge in [-0.05, 0) is 17.7 Å². The standard InChI is InChI=1S/C14H13ClO3S/c15-19(16,17)14-9-5-4-8-13(14)18-11-10-12-6-2-1-3-7-12/h1-9H,10-11H2. The molecular weight excluding hydrogens is 284 g/mol. The normalized spacial score (nSPS) is 11.2. The van der Waals surface area contributed by atoms with Crippen LogP contribution in [0, 0.1) is 0 Å². The molecule has 5 heteroatoms. The Morgan fingerprint density at radius 1 is 0.947 bits per heavy atom. The number of hydrogen-bond acceptors (Lipinski definition) is 3. The van der Waals surface area contributed by atoms with Crippen LogP contribution in [0.2, 0.25) is 0 Å². The summed E-state index contributed by atoms with van der Waals surface area (Å²) in [5.41, 5.74) is 1.13. The van der Waals surface area contributed by atoms with Crippen molar-refractivity contribution in [3.05, 3.63) is 60.2 Å². The van der Waals surface area contributed by atoms with E-state index in [0.29, 0.717) is 13.0 Å². The Kier molecular flexibility index (Phi) is 4.45. The van der Waals surface area contributed by atoms with E-state index in [4.69, 9.17) is 15.4 Å². The van der Waals surface area contributed by atoms with Gasteiger partial charge in [-0.2, -0.15) is 0 Å². The van der Waals surface area contributed by atoms with Crippen molar-refractivity contribution in [1.29, 1.82) is 0 Å². The Morgan fingerprint density at radius 3 is 2.26 bits per heavy atom. The van der Waals surface area contributed by atoms with Crippen LogP contribution in [0.3, 0.4) is 0 Å². The van der Waals surface area contributed by atoms with Crippen LogP contribution in [0.25, 0.3) is 0 Å². The second kappa shape index (κ2) is 6.08. The number of ether oxygens (including phenoxy) is 1. The van der Waals surface area contributed by atoms with E-state index in [2.05, 4.69) is 0 Å². The third-order valence-electron chi connectivity index (χ3n) is 2.60. The van der Waals surface area contributed by atoms with Gasteiger partial charge < -0.3 is 4.74 Å². The van der Waals surface area contributed by atoms with Crippen LogP contribution in [0.5, 0.6) is 5.75 Å². The molecule has 0 spiro atoms. The van der Waals surface area contributed by atoms with Crippen molar-refractivity contribution >= 4 is 19.7 Å². The smallest absolute Gasteiger partial charge is 0.264 e. The monoisotopic (exact) mass is 296 g/mol. The summed E-state index contributed by atoms with van der Waals surface area (Å²) in [5.74, 6) is 0.286. The van der Waals surface area contributed by atoms with E-state index >= 15 is 0 Å². The molecule has 2 aromatic carbocycles.